The van der Waals surface area contributed by atoms with Crippen molar-refractivity contribution in [1.29, 1.82) is 0 Å². The maximum Gasteiger partial charge on any atom is 0.338 e. The quantitative estimate of drug-likeness (QED) is 0.596. The molecule has 1 saturated heterocycles. The zero-order valence-electron chi connectivity index (χ0n) is 17.8. The fraction of sp³-hybridized carbons (Fsp3) is 0.696. The maximum atomic E-state index is 14.5. The fourth-order valence-corrected chi connectivity index (χ4v) is 4.32. The first kappa shape index (κ1) is 22.0. The third-order valence-electron chi connectivity index (χ3n) is 6.43. The van der Waals surface area contributed by atoms with Gasteiger partial charge in [-0.25, -0.2) is 9.18 Å². The fourth-order valence-electron chi connectivity index (χ4n) is 4.32. The highest BCUT2D eigenvalue weighted by molar-refractivity contribution is 5.89. The van der Waals surface area contributed by atoms with Gasteiger partial charge in [0.05, 0.1) is 18.8 Å². The standard InChI is InChI=1S/C23H34FNO4/c1-3-18(2)23(9-5-4-6-10-23)29-21-17-19(7-8-20(21)24)22(26)28-16-13-25-11-14-27-15-12-25/h7-8,17-18H,3-6,9-16H2,1-2H3. The molecule has 1 aromatic rings. The van der Waals surface area contributed by atoms with Crippen LogP contribution in [-0.2, 0) is 9.47 Å². The van der Waals surface area contributed by atoms with Gasteiger partial charge in [-0.05, 0) is 56.2 Å². The van der Waals surface area contributed by atoms with Gasteiger partial charge in [-0.15, -0.1) is 0 Å². The van der Waals surface area contributed by atoms with Gasteiger partial charge in [0.25, 0.3) is 0 Å². The van der Waals surface area contributed by atoms with Gasteiger partial charge >= 0.3 is 5.97 Å². The number of hydrogen-bond acceptors (Lipinski definition) is 5. The highest BCUT2D eigenvalue weighted by Gasteiger charge is 2.39. The largest absolute Gasteiger partial charge is 0.484 e. The van der Waals surface area contributed by atoms with E-state index in [0.29, 0.717) is 37.8 Å². The van der Waals surface area contributed by atoms with Crippen molar-refractivity contribution in [2.24, 2.45) is 5.92 Å². The molecule has 0 radical (unpaired) electrons. The first-order chi connectivity index (χ1) is 14.0. The predicted molar refractivity (Wildman–Crippen MR) is 110 cm³/mol. The highest BCUT2D eigenvalue weighted by atomic mass is 19.1. The van der Waals surface area contributed by atoms with Gasteiger partial charge in [-0.2, -0.15) is 0 Å². The van der Waals surface area contributed by atoms with Crippen molar-refractivity contribution >= 4 is 5.97 Å². The summed E-state index contributed by atoms with van der Waals surface area (Å²) in [6.45, 7) is 8.43. The van der Waals surface area contributed by atoms with E-state index >= 15 is 0 Å². The number of morpholine rings is 1. The van der Waals surface area contributed by atoms with Gasteiger partial charge in [-0.3, -0.25) is 4.90 Å². The van der Waals surface area contributed by atoms with Gasteiger partial charge in [0, 0.05) is 19.6 Å². The average Bonchev–Trinajstić information content (AvgIpc) is 2.76. The van der Waals surface area contributed by atoms with Crippen molar-refractivity contribution in [3.8, 4) is 5.75 Å². The number of hydrogen-bond donors (Lipinski definition) is 0. The van der Waals surface area contributed by atoms with E-state index in [1.54, 1.807) is 0 Å². The molecule has 0 aromatic heterocycles. The molecule has 0 N–H and O–H groups in total. The van der Waals surface area contributed by atoms with Crippen molar-refractivity contribution < 1.29 is 23.4 Å². The van der Waals surface area contributed by atoms with E-state index in [9.17, 15) is 9.18 Å². The topological polar surface area (TPSA) is 48.0 Å². The molecular weight excluding hydrogens is 373 g/mol. The molecule has 5 nitrogen and oxygen atoms in total. The maximum absolute atomic E-state index is 14.5. The van der Waals surface area contributed by atoms with E-state index in [4.69, 9.17) is 14.2 Å². The van der Waals surface area contributed by atoms with E-state index in [-0.39, 0.29) is 11.4 Å². The Balaban J connectivity index is 1.64. The molecule has 1 atom stereocenters. The number of nitrogens with zero attached hydrogens (tertiary/aromatic N) is 1. The second-order valence-electron chi connectivity index (χ2n) is 8.27. The first-order valence-electron chi connectivity index (χ1n) is 11.0. The van der Waals surface area contributed by atoms with Crippen molar-refractivity contribution in [2.75, 3.05) is 39.5 Å². The summed E-state index contributed by atoms with van der Waals surface area (Å²) in [6.07, 6.45) is 6.21. The summed E-state index contributed by atoms with van der Waals surface area (Å²) in [5.41, 5.74) is -0.0225. The molecule has 1 aliphatic heterocycles. The average molecular weight is 408 g/mol. The third kappa shape index (κ3) is 5.70. The predicted octanol–water partition coefficient (Wildman–Crippen LogP) is 4.44. The normalized spacial score (nSPS) is 20.8. The van der Waals surface area contributed by atoms with Crippen LogP contribution in [0.15, 0.2) is 18.2 Å². The Labute approximate surface area is 173 Å². The molecule has 0 spiro atoms. The summed E-state index contributed by atoms with van der Waals surface area (Å²) < 4.78 is 31.6. The van der Waals surface area contributed by atoms with Crippen LogP contribution in [0.5, 0.6) is 5.75 Å². The smallest absolute Gasteiger partial charge is 0.338 e. The molecule has 1 aromatic carbocycles. The minimum atomic E-state index is -0.440. The van der Waals surface area contributed by atoms with Crippen LogP contribution in [0.25, 0.3) is 0 Å². The molecule has 0 bridgehead atoms. The zero-order chi connectivity index (χ0) is 20.7. The van der Waals surface area contributed by atoms with Crippen LogP contribution in [0.2, 0.25) is 0 Å². The number of halogens is 1. The summed E-state index contributed by atoms with van der Waals surface area (Å²) in [6, 6.07) is 4.28. The zero-order valence-corrected chi connectivity index (χ0v) is 17.8. The van der Waals surface area contributed by atoms with E-state index < -0.39 is 11.8 Å². The molecule has 1 aliphatic carbocycles. The van der Waals surface area contributed by atoms with Crippen LogP contribution < -0.4 is 4.74 Å². The Kier molecular flexibility index (Phi) is 7.90. The molecule has 1 heterocycles. The number of ether oxygens (including phenoxy) is 3. The molecule has 0 amide bonds. The molecule has 3 rings (SSSR count). The Morgan fingerprint density at radius 2 is 1.97 bits per heavy atom. The van der Waals surface area contributed by atoms with Crippen LogP contribution in [0.3, 0.4) is 0 Å². The number of carbonyl (C=O) groups excluding carboxylic acids is 1. The lowest BCUT2D eigenvalue weighted by molar-refractivity contribution is -0.0226. The van der Waals surface area contributed by atoms with E-state index in [1.165, 1.54) is 24.6 Å². The molecule has 29 heavy (non-hydrogen) atoms. The Morgan fingerprint density at radius 1 is 1.24 bits per heavy atom. The van der Waals surface area contributed by atoms with Crippen LogP contribution in [0, 0.1) is 11.7 Å². The van der Waals surface area contributed by atoms with Crippen LogP contribution in [0.1, 0.15) is 62.7 Å². The molecule has 1 saturated carbocycles. The van der Waals surface area contributed by atoms with Crippen LogP contribution in [-0.4, -0.2) is 55.9 Å². The number of esters is 1. The van der Waals surface area contributed by atoms with E-state index in [1.807, 2.05) is 0 Å². The molecular formula is C23H34FNO4. The summed E-state index contributed by atoms with van der Waals surface area (Å²) in [5, 5.41) is 0. The van der Waals surface area contributed by atoms with Crippen molar-refractivity contribution in [3.05, 3.63) is 29.6 Å². The highest BCUT2D eigenvalue weighted by Crippen LogP contribution is 2.40. The number of benzene rings is 1. The minimum Gasteiger partial charge on any atom is -0.484 e. The van der Waals surface area contributed by atoms with Crippen LogP contribution in [0.4, 0.5) is 4.39 Å². The lowest BCUT2D eigenvalue weighted by Crippen LogP contribution is -2.44. The van der Waals surface area contributed by atoms with Gasteiger partial charge < -0.3 is 14.2 Å². The second-order valence-corrected chi connectivity index (χ2v) is 8.27. The number of carbonyl (C=O) groups is 1. The molecule has 2 fully saturated rings. The van der Waals surface area contributed by atoms with E-state index in [2.05, 4.69) is 18.7 Å². The summed E-state index contributed by atoms with van der Waals surface area (Å²) in [5.74, 6) is -0.381. The first-order valence-corrected chi connectivity index (χ1v) is 11.0. The SMILES string of the molecule is CCC(C)C1(Oc2cc(C(=O)OCCN3CCOCC3)ccc2F)CCCCC1. The Bertz CT molecular complexity index is 669. The van der Waals surface area contributed by atoms with Gasteiger partial charge in [-0.1, -0.05) is 20.3 Å². The molecule has 2 aliphatic rings. The van der Waals surface area contributed by atoms with Crippen LogP contribution >= 0.6 is 0 Å². The van der Waals surface area contributed by atoms with Crippen molar-refractivity contribution in [2.45, 2.75) is 58.0 Å². The second kappa shape index (κ2) is 10.4. The molecule has 162 valence electrons. The third-order valence-corrected chi connectivity index (χ3v) is 6.43. The summed E-state index contributed by atoms with van der Waals surface area (Å²) in [4.78, 5) is 14.7. The summed E-state index contributed by atoms with van der Waals surface area (Å²) in [7, 11) is 0. The van der Waals surface area contributed by atoms with Gasteiger partial charge in [0.1, 0.15) is 12.2 Å². The lowest BCUT2D eigenvalue weighted by Gasteiger charge is -2.42. The van der Waals surface area contributed by atoms with E-state index in [0.717, 1.165) is 45.2 Å². The number of rotatable bonds is 8. The molecule has 6 heteroatoms. The minimum absolute atomic E-state index is 0.162. The van der Waals surface area contributed by atoms with Gasteiger partial charge in [0.15, 0.2) is 11.6 Å². The van der Waals surface area contributed by atoms with Gasteiger partial charge in [0.2, 0.25) is 0 Å². The van der Waals surface area contributed by atoms with Crippen molar-refractivity contribution in [1.82, 2.24) is 4.90 Å². The van der Waals surface area contributed by atoms with Crippen molar-refractivity contribution in [3.63, 3.8) is 0 Å². The Morgan fingerprint density at radius 3 is 2.66 bits per heavy atom. The monoisotopic (exact) mass is 407 g/mol. The summed E-state index contributed by atoms with van der Waals surface area (Å²) >= 11 is 0. The Hall–Kier alpha value is -1.66. The lowest BCUT2D eigenvalue weighted by atomic mass is 9.75. The molecule has 1 unspecified atom stereocenters.